The van der Waals surface area contributed by atoms with Crippen LogP contribution in [-0.4, -0.2) is 23.1 Å². The number of hydrogen-bond acceptors (Lipinski definition) is 6. The highest BCUT2D eigenvalue weighted by atomic mass is 32.1. The van der Waals surface area contributed by atoms with Gasteiger partial charge >= 0.3 is 5.97 Å². The number of amides is 1. The van der Waals surface area contributed by atoms with Crippen molar-refractivity contribution in [2.75, 3.05) is 5.32 Å². The number of carbonyl (C=O) groups excluding carboxylic acids is 2. The molecule has 6 nitrogen and oxygen atoms in total. The van der Waals surface area contributed by atoms with Gasteiger partial charge in [0.2, 0.25) is 0 Å². The van der Waals surface area contributed by atoms with E-state index in [2.05, 4.69) is 10.5 Å². The zero-order valence-electron chi connectivity index (χ0n) is 13.0. The van der Waals surface area contributed by atoms with Gasteiger partial charge in [-0.25, -0.2) is 4.79 Å². The van der Waals surface area contributed by atoms with Crippen molar-refractivity contribution in [2.24, 2.45) is 0 Å². The van der Waals surface area contributed by atoms with Gasteiger partial charge in [-0.05, 0) is 49.1 Å². The van der Waals surface area contributed by atoms with E-state index in [0.717, 1.165) is 18.4 Å². The molecule has 0 spiro atoms. The number of carbonyl (C=O) groups is 2. The first-order valence-electron chi connectivity index (χ1n) is 7.61. The lowest BCUT2D eigenvalue weighted by molar-refractivity contribution is -0.124. The quantitative estimate of drug-likeness (QED) is 0.818. The maximum Gasteiger partial charge on any atom is 0.349 e. The van der Waals surface area contributed by atoms with Crippen LogP contribution in [0.15, 0.2) is 22.0 Å². The highest BCUT2D eigenvalue weighted by Crippen LogP contribution is 2.43. The summed E-state index contributed by atoms with van der Waals surface area (Å²) in [6.45, 7) is 3.53. The third-order valence-corrected chi connectivity index (χ3v) is 4.60. The molecule has 1 N–H and O–H groups in total. The number of aromatic nitrogens is 1. The summed E-state index contributed by atoms with van der Waals surface area (Å²) in [6, 6.07) is 3.58. The summed E-state index contributed by atoms with van der Waals surface area (Å²) < 4.78 is 10.3. The van der Waals surface area contributed by atoms with Crippen molar-refractivity contribution in [1.29, 1.82) is 0 Å². The van der Waals surface area contributed by atoms with Gasteiger partial charge in [0.05, 0.1) is 0 Å². The van der Waals surface area contributed by atoms with Crippen LogP contribution in [0.25, 0.3) is 0 Å². The summed E-state index contributed by atoms with van der Waals surface area (Å²) in [7, 11) is 0. The topological polar surface area (TPSA) is 81.4 Å². The van der Waals surface area contributed by atoms with Crippen LogP contribution in [0, 0.1) is 6.92 Å². The van der Waals surface area contributed by atoms with Crippen LogP contribution in [0.4, 0.5) is 5.82 Å². The van der Waals surface area contributed by atoms with E-state index in [1.807, 2.05) is 11.4 Å². The molecule has 1 fully saturated rings. The van der Waals surface area contributed by atoms with Crippen molar-refractivity contribution in [1.82, 2.24) is 5.16 Å². The Bertz CT molecular complexity index is 717. The molecular weight excluding hydrogens is 316 g/mol. The summed E-state index contributed by atoms with van der Waals surface area (Å²) in [5.41, 5.74) is 1.04. The molecule has 1 aliphatic rings. The minimum absolute atomic E-state index is 0.316. The molecule has 122 valence electrons. The smallest absolute Gasteiger partial charge is 0.349 e. The number of nitrogens with zero attached hydrogens (tertiary/aromatic N) is 1. The fourth-order valence-electron chi connectivity index (χ4n) is 2.34. The molecule has 2 aromatic rings. The fourth-order valence-corrected chi connectivity index (χ4v) is 3.20. The second-order valence-corrected chi connectivity index (χ2v) is 6.51. The monoisotopic (exact) mass is 334 g/mol. The van der Waals surface area contributed by atoms with Crippen LogP contribution in [0.3, 0.4) is 0 Å². The molecule has 0 saturated heterocycles. The molecule has 1 atom stereocenters. The van der Waals surface area contributed by atoms with E-state index in [9.17, 15) is 9.59 Å². The van der Waals surface area contributed by atoms with Crippen LogP contribution in [0.2, 0.25) is 0 Å². The molecule has 1 amide bonds. The predicted octanol–water partition coefficient (Wildman–Crippen LogP) is 3.50. The number of anilines is 1. The molecular formula is C16H18N2O4S. The number of nitrogens with one attached hydrogen (secondary N) is 1. The zero-order valence-corrected chi connectivity index (χ0v) is 13.8. The van der Waals surface area contributed by atoms with Crippen molar-refractivity contribution < 1.29 is 18.8 Å². The molecule has 2 heterocycles. The Labute approximate surface area is 137 Å². The van der Waals surface area contributed by atoms with E-state index in [1.54, 1.807) is 19.9 Å². The molecule has 0 radical (unpaired) electrons. The maximum absolute atomic E-state index is 12.4. The van der Waals surface area contributed by atoms with E-state index in [0.29, 0.717) is 28.8 Å². The van der Waals surface area contributed by atoms with Crippen molar-refractivity contribution in [3.05, 3.63) is 33.7 Å². The first-order chi connectivity index (χ1) is 11.1. The van der Waals surface area contributed by atoms with Crippen molar-refractivity contribution in [3.8, 4) is 0 Å². The van der Waals surface area contributed by atoms with E-state index < -0.39 is 18.0 Å². The third-order valence-electron chi connectivity index (χ3n) is 3.69. The second-order valence-electron chi connectivity index (χ2n) is 5.59. The Morgan fingerprint density at radius 1 is 1.52 bits per heavy atom. The van der Waals surface area contributed by atoms with Gasteiger partial charge in [-0.15, -0.1) is 11.3 Å². The van der Waals surface area contributed by atoms with Crippen LogP contribution in [0.1, 0.15) is 53.1 Å². The van der Waals surface area contributed by atoms with Crippen LogP contribution >= 0.6 is 11.3 Å². The van der Waals surface area contributed by atoms with E-state index in [-0.39, 0.29) is 0 Å². The predicted molar refractivity (Wildman–Crippen MR) is 85.7 cm³/mol. The summed E-state index contributed by atoms with van der Waals surface area (Å²) in [5, 5.41) is 8.19. The van der Waals surface area contributed by atoms with E-state index in [4.69, 9.17) is 9.26 Å². The average molecular weight is 334 g/mol. The highest BCUT2D eigenvalue weighted by Gasteiger charge is 2.31. The van der Waals surface area contributed by atoms with Gasteiger partial charge in [0.1, 0.15) is 10.6 Å². The van der Waals surface area contributed by atoms with Crippen molar-refractivity contribution >= 4 is 29.0 Å². The second kappa shape index (κ2) is 6.54. The summed E-state index contributed by atoms with van der Waals surface area (Å²) >= 11 is 1.36. The number of ether oxygens (including phenoxy) is 1. The first-order valence-corrected chi connectivity index (χ1v) is 8.49. The molecule has 2 aromatic heterocycles. The van der Waals surface area contributed by atoms with Gasteiger partial charge in [0.25, 0.3) is 5.91 Å². The van der Waals surface area contributed by atoms with Gasteiger partial charge in [-0.3, -0.25) is 4.79 Å². The van der Waals surface area contributed by atoms with E-state index >= 15 is 0 Å². The van der Waals surface area contributed by atoms with Crippen LogP contribution < -0.4 is 5.32 Å². The molecule has 0 unspecified atom stereocenters. The minimum atomic E-state index is -0.853. The standard InChI is InChI=1S/C16H18N2O4S/c1-3-12(15(19)17-13-8-9(2)22-18-13)21-16(20)14-11(6-7-23-14)10-4-5-10/h6-8,10,12H,3-5H2,1-2H3,(H,17,18,19)/t12-/m1/s1. The molecule has 1 aliphatic carbocycles. The summed E-state index contributed by atoms with van der Waals surface area (Å²) in [6.07, 6.45) is 1.76. The lowest BCUT2D eigenvalue weighted by Gasteiger charge is -2.15. The molecule has 0 aliphatic heterocycles. The average Bonchev–Trinajstić information content (AvgIpc) is 3.11. The minimum Gasteiger partial charge on any atom is -0.448 e. The maximum atomic E-state index is 12.4. The highest BCUT2D eigenvalue weighted by molar-refractivity contribution is 7.12. The van der Waals surface area contributed by atoms with Crippen LogP contribution in [0.5, 0.6) is 0 Å². The van der Waals surface area contributed by atoms with Gasteiger partial charge in [-0.1, -0.05) is 12.1 Å². The van der Waals surface area contributed by atoms with Gasteiger partial charge < -0.3 is 14.6 Å². The van der Waals surface area contributed by atoms with Crippen molar-refractivity contribution in [2.45, 2.75) is 45.1 Å². The summed E-state index contributed by atoms with van der Waals surface area (Å²) in [5.74, 6) is 0.546. The number of esters is 1. The summed E-state index contributed by atoms with van der Waals surface area (Å²) in [4.78, 5) is 25.2. The molecule has 0 aromatic carbocycles. The van der Waals surface area contributed by atoms with Gasteiger partial charge in [0, 0.05) is 6.07 Å². The fraction of sp³-hybridized carbons (Fsp3) is 0.438. The number of thiophene rings is 1. The van der Waals surface area contributed by atoms with Gasteiger partial charge in [-0.2, -0.15) is 0 Å². The van der Waals surface area contributed by atoms with Gasteiger partial charge in [0.15, 0.2) is 11.9 Å². The molecule has 7 heteroatoms. The Balaban J connectivity index is 1.65. The third kappa shape index (κ3) is 3.61. The van der Waals surface area contributed by atoms with Crippen LogP contribution in [-0.2, 0) is 9.53 Å². The molecule has 23 heavy (non-hydrogen) atoms. The SMILES string of the molecule is CC[C@@H](OC(=O)c1sccc1C1CC1)C(=O)Nc1cc(C)on1. The first kappa shape index (κ1) is 15.7. The Kier molecular flexibility index (Phi) is 4.47. The largest absolute Gasteiger partial charge is 0.448 e. The molecule has 3 rings (SSSR count). The Morgan fingerprint density at radius 3 is 2.91 bits per heavy atom. The number of rotatable bonds is 6. The Hall–Kier alpha value is -2.15. The lowest BCUT2D eigenvalue weighted by atomic mass is 10.1. The van der Waals surface area contributed by atoms with E-state index in [1.165, 1.54) is 11.3 Å². The lowest BCUT2D eigenvalue weighted by Crippen LogP contribution is -2.32. The number of aryl methyl sites for hydroxylation is 1. The Morgan fingerprint density at radius 2 is 2.30 bits per heavy atom. The number of hydrogen-bond donors (Lipinski definition) is 1. The normalized spacial score (nSPS) is 15.2. The van der Waals surface area contributed by atoms with Crippen molar-refractivity contribution in [3.63, 3.8) is 0 Å². The zero-order chi connectivity index (χ0) is 16.4. The molecule has 0 bridgehead atoms. The molecule has 1 saturated carbocycles.